The van der Waals surface area contributed by atoms with Gasteiger partial charge in [0.15, 0.2) is 11.4 Å². The van der Waals surface area contributed by atoms with E-state index < -0.39 is 46.7 Å². The Bertz CT molecular complexity index is 490. The minimum Gasteiger partial charge on any atom is -0.543 e. The first-order valence-corrected chi connectivity index (χ1v) is 4.07. The summed E-state index contributed by atoms with van der Waals surface area (Å²) in [7, 11) is 0. The van der Waals surface area contributed by atoms with Crippen molar-refractivity contribution < 1.29 is 142 Å². The predicted molar refractivity (Wildman–Crippen MR) is 44.6 cm³/mol. The monoisotopic (exact) mass is 332 g/mol. The smallest absolute Gasteiger partial charge is 0.543 e. The first kappa shape index (κ1) is 22.5. The Labute approximate surface area is 195 Å². The number of carboxylic acid groups (broad SMARTS) is 4. The Kier molecular flexibility index (Phi) is 10.5. The average Bonchev–Trinajstić information content (AvgIpc) is 2.26. The molecule has 0 saturated heterocycles. The molecule has 0 aliphatic rings. The van der Waals surface area contributed by atoms with Gasteiger partial charge in [-0.2, -0.15) is 0 Å². The zero-order chi connectivity index (χ0) is 14.0. The molecule has 1 aromatic heterocycles. The van der Waals surface area contributed by atoms with Crippen LogP contribution < -0.4 is 113 Å². The van der Waals surface area contributed by atoms with E-state index in [-0.39, 0.29) is 103 Å². The largest absolute Gasteiger partial charge is 1.00 e. The second-order valence-corrected chi connectivity index (χ2v) is 2.80. The molecule has 0 amide bonds. The van der Waals surface area contributed by atoms with Crippen molar-refractivity contribution in [2.45, 2.75) is 0 Å². The fourth-order valence-electron chi connectivity index (χ4n) is 1.02. The van der Waals surface area contributed by atoms with E-state index in [1.807, 2.05) is 0 Å². The van der Waals surface area contributed by atoms with Crippen LogP contribution in [0.15, 0.2) is 0 Å². The van der Waals surface area contributed by atoms with Crippen molar-refractivity contribution in [3.8, 4) is 0 Å². The maximum atomic E-state index is 10.6. The number of carbonyl (C=O) groups excluding carboxylic acids is 2. The SMILES string of the molecule is O=C([O-])c1nc(C(=O)[O-])c(C(=O)O)nc1C(=O)O.[K+].[K+]. The molecule has 10 nitrogen and oxygen atoms in total. The second kappa shape index (κ2) is 9.29. The van der Waals surface area contributed by atoms with Crippen LogP contribution in [0.4, 0.5) is 0 Å². The Morgan fingerprint density at radius 3 is 1.15 bits per heavy atom. The Morgan fingerprint density at radius 1 is 0.700 bits per heavy atom. The molecule has 0 saturated carbocycles. The molecule has 0 aliphatic carbocycles. The maximum Gasteiger partial charge on any atom is 1.00 e. The molecule has 0 spiro atoms. The maximum absolute atomic E-state index is 10.6. The quantitative estimate of drug-likeness (QED) is 0.502. The summed E-state index contributed by atoms with van der Waals surface area (Å²) in [4.78, 5) is 48.1. The van der Waals surface area contributed by atoms with E-state index in [2.05, 4.69) is 9.97 Å². The van der Waals surface area contributed by atoms with Gasteiger partial charge in [0.25, 0.3) is 0 Å². The molecule has 0 bridgehead atoms. The summed E-state index contributed by atoms with van der Waals surface area (Å²) in [6.45, 7) is 0. The van der Waals surface area contributed by atoms with Gasteiger partial charge in [0.1, 0.15) is 11.4 Å². The van der Waals surface area contributed by atoms with Gasteiger partial charge in [-0.3, -0.25) is 0 Å². The second-order valence-electron chi connectivity index (χ2n) is 2.80. The molecule has 0 unspecified atom stereocenters. The summed E-state index contributed by atoms with van der Waals surface area (Å²) >= 11 is 0. The van der Waals surface area contributed by atoms with Crippen LogP contribution in [0.1, 0.15) is 42.0 Å². The van der Waals surface area contributed by atoms with Gasteiger partial charge in [-0.1, -0.05) is 0 Å². The number of carboxylic acids is 4. The molecule has 0 aromatic carbocycles. The van der Waals surface area contributed by atoms with E-state index in [0.717, 1.165) is 0 Å². The van der Waals surface area contributed by atoms with Gasteiger partial charge in [-0.15, -0.1) is 0 Å². The van der Waals surface area contributed by atoms with Crippen molar-refractivity contribution in [1.29, 1.82) is 0 Å². The van der Waals surface area contributed by atoms with Crippen LogP contribution in [0, 0.1) is 0 Å². The van der Waals surface area contributed by atoms with E-state index in [4.69, 9.17) is 10.2 Å². The van der Waals surface area contributed by atoms with Crippen molar-refractivity contribution in [2.75, 3.05) is 0 Å². The number of carbonyl (C=O) groups is 4. The summed E-state index contributed by atoms with van der Waals surface area (Å²) in [6, 6.07) is 0. The van der Waals surface area contributed by atoms with Crippen molar-refractivity contribution in [3.05, 3.63) is 22.8 Å². The molecule has 2 N–H and O–H groups in total. The topological polar surface area (TPSA) is 181 Å². The standard InChI is InChI=1S/C8H4N2O8.2K/c11-5(12)1-2(6(13)14)10-4(8(17)18)3(9-1)7(15)16;;/h(H,11,12)(H,13,14)(H,15,16)(H,17,18);;/q;2*+1/p-2. The van der Waals surface area contributed by atoms with Crippen LogP contribution in [-0.4, -0.2) is 44.1 Å². The molecule has 1 aromatic rings. The fourth-order valence-corrected chi connectivity index (χ4v) is 1.02. The van der Waals surface area contributed by atoms with Crippen LogP contribution in [0.3, 0.4) is 0 Å². The molecule has 0 atom stereocenters. The first-order valence-electron chi connectivity index (χ1n) is 4.07. The third-order valence-electron chi connectivity index (χ3n) is 1.69. The summed E-state index contributed by atoms with van der Waals surface area (Å²) in [6.07, 6.45) is 0. The zero-order valence-electron chi connectivity index (χ0n) is 10.2. The molecule has 94 valence electrons. The number of hydrogen-bond acceptors (Lipinski definition) is 8. The van der Waals surface area contributed by atoms with Crippen molar-refractivity contribution in [1.82, 2.24) is 9.97 Å². The van der Waals surface area contributed by atoms with Crippen LogP contribution in [-0.2, 0) is 0 Å². The van der Waals surface area contributed by atoms with Crippen LogP contribution in [0.2, 0.25) is 0 Å². The van der Waals surface area contributed by atoms with E-state index >= 15 is 0 Å². The van der Waals surface area contributed by atoms with Crippen molar-refractivity contribution in [3.63, 3.8) is 0 Å². The molecule has 12 heteroatoms. The minimum absolute atomic E-state index is 0. The summed E-state index contributed by atoms with van der Waals surface area (Å²) < 4.78 is 0. The van der Waals surface area contributed by atoms with Gasteiger partial charge in [0.05, 0.1) is 11.9 Å². The number of rotatable bonds is 4. The van der Waals surface area contributed by atoms with E-state index in [1.54, 1.807) is 0 Å². The molecule has 0 fully saturated rings. The van der Waals surface area contributed by atoms with E-state index in [9.17, 15) is 29.4 Å². The predicted octanol–water partition coefficient (Wildman–Crippen LogP) is -9.39. The van der Waals surface area contributed by atoms with Gasteiger partial charge in [0.2, 0.25) is 0 Å². The average molecular weight is 332 g/mol. The number of nitrogens with zero attached hydrogens (tertiary/aromatic N) is 2. The number of aromatic nitrogens is 2. The van der Waals surface area contributed by atoms with Gasteiger partial charge in [0, 0.05) is 0 Å². The van der Waals surface area contributed by atoms with Crippen LogP contribution in [0.5, 0.6) is 0 Å². The number of hydrogen-bond donors (Lipinski definition) is 2. The fraction of sp³-hybridized carbons (Fsp3) is 0. The van der Waals surface area contributed by atoms with Gasteiger partial charge in [-0.05, 0) is 0 Å². The Morgan fingerprint density at radius 2 is 0.950 bits per heavy atom. The molecule has 0 aliphatic heterocycles. The normalized spacial score (nSPS) is 8.80. The van der Waals surface area contributed by atoms with Crippen molar-refractivity contribution >= 4 is 23.9 Å². The first-order chi connectivity index (χ1) is 8.25. The third kappa shape index (κ3) is 5.21. The molecule has 0 radical (unpaired) electrons. The van der Waals surface area contributed by atoms with Gasteiger partial charge < -0.3 is 30.0 Å². The van der Waals surface area contributed by atoms with Gasteiger partial charge >= 0.3 is 115 Å². The Hall–Kier alpha value is 0.233. The third-order valence-corrected chi connectivity index (χ3v) is 1.69. The van der Waals surface area contributed by atoms with Gasteiger partial charge in [-0.25, -0.2) is 19.6 Å². The molecular weight excluding hydrogens is 330 g/mol. The molecule has 20 heavy (non-hydrogen) atoms. The van der Waals surface area contributed by atoms with Crippen molar-refractivity contribution in [2.24, 2.45) is 0 Å². The van der Waals surface area contributed by atoms with E-state index in [0.29, 0.717) is 0 Å². The Balaban J connectivity index is 0. The summed E-state index contributed by atoms with van der Waals surface area (Å²) in [5, 5.41) is 38.3. The van der Waals surface area contributed by atoms with Crippen LogP contribution >= 0.6 is 0 Å². The minimum atomic E-state index is -2.11. The zero-order valence-corrected chi connectivity index (χ0v) is 16.5. The summed E-state index contributed by atoms with van der Waals surface area (Å²) in [5.74, 6) is -8.01. The number of aromatic carboxylic acids is 4. The summed E-state index contributed by atoms with van der Waals surface area (Å²) in [5.41, 5.74) is -5.08. The molecule has 1 rings (SSSR count). The van der Waals surface area contributed by atoms with Crippen LogP contribution in [0.25, 0.3) is 0 Å². The van der Waals surface area contributed by atoms with E-state index in [1.165, 1.54) is 0 Å². The molecular formula is C8H2K2N2O8. The molecule has 1 heterocycles.